The van der Waals surface area contributed by atoms with Crippen molar-refractivity contribution in [2.45, 2.75) is 50.7 Å². The fourth-order valence-corrected chi connectivity index (χ4v) is 5.40. The van der Waals surface area contributed by atoms with E-state index in [2.05, 4.69) is 40.2 Å². The third-order valence-corrected chi connectivity index (χ3v) is 7.55. The summed E-state index contributed by atoms with van der Waals surface area (Å²) in [6.07, 6.45) is 5.32. The molecule has 3 N–H and O–H groups in total. The van der Waals surface area contributed by atoms with E-state index < -0.39 is 0 Å². The molecule has 1 heterocycles. The second-order valence-electron chi connectivity index (χ2n) is 10.6. The summed E-state index contributed by atoms with van der Waals surface area (Å²) in [5.41, 5.74) is 4.29. The minimum Gasteiger partial charge on any atom is -0.381 e. The monoisotopic (exact) mass is 539 g/mol. The Balaban J connectivity index is 1.10. The number of nitrogens with one attached hydrogen (secondary N) is 3. The van der Waals surface area contributed by atoms with E-state index in [0.717, 1.165) is 61.1 Å². The number of rotatable bonds is 11. The van der Waals surface area contributed by atoms with Crippen molar-refractivity contribution in [3.05, 3.63) is 94.0 Å². The molecule has 208 valence electrons. The average Bonchev–Trinajstić information content (AvgIpc) is 2.97. The van der Waals surface area contributed by atoms with E-state index in [1.54, 1.807) is 12.1 Å². The predicted molar refractivity (Wildman–Crippen MR) is 162 cm³/mol. The van der Waals surface area contributed by atoms with E-state index in [4.69, 9.17) is 9.97 Å². The first-order valence-corrected chi connectivity index (χ1v) is 14.0. The molecule has 0 radical (unpaired) electrons. The molecule has 40 heavy (non-hydrogen) atoms. The van der Waals surface area contributed by atoms with Crippen molar-refractivity contribution >= 4 is 34.0 Å². The summed E-state index contributed by atoms with van der Waals surface area (Å²) < 4.78 is 0. The molecule has 5 rings (SSSR count). The predicted octanol–water partition coefficient (Wildman–Crippen LogP) is 5.77. The fourth-order valence-electron chi connectivity index (χ4n) is 5.40. The minimum absolute atomic E-state index is 0.0931. The molecule has 0 atom stereocenters. The Morgan fingerprint density at radius 3 is 2.40 bits per heavy atom. The molecule has 1 aromatic heterocycles. The number of nitro groups is 1. The first-order chi connectivity index (χ1) is 19.5. The zero-order valence-electron chi connectivity index (χ0n) is 23.1. The van der Waals surface area contributed by atoms with Crippen LogP contribution >= 0.6 is 0 Å². The van der Waals surface area contributed by atoms with Gasteiger partial charge in [-0.3, -0.25) is 10.1 Å². The summed E-state index contributed by atoms with van der Waals surface area (Å²) in [5.74, 6) is 1.64. The van der Waals surface area contributed by atoms with Gasteiger partial charge in [0.05, 0.1) is 10.4 Å². The van der Waals surface area contributed by atoms with Gasteiger partial charge in [0, 0.05) is 55.9 Å². The summed E-state index contributed by atoms with van der Waals surface area (Å²) in [5, 5.41) is 22.8. The van der Waals surface area contributed by atoms with E-state index >= 15 is 0 Å². The van der Waals surface area contributed by atoms with Gasteiger partial charge in [0.15, 0.2) is 0 Å². The zero-order valence-corrected chi connectivity index (χ0v) is 23.1. The molecule has 0 amide bonds. The fraction of sp³-hybridized carbons (Fsp3) is 0.355. The first-order valence-electron chi connectivity index (χ1n) is 14.0. The second-order valence-corrected chi connectivity index (χ2v) is 10.6. The molecule has 4 aromatic rings. The highest BCUT2D eigenvalue weighted by Gasteiger charge is 2.22. The molecule has 1 aliphatic rings. The number of para-hydroxylation sites is 1. The van der Waals surface area contributed by atoms with Gasteiger partial charge in [0.1, 0.15) is 5.82 Å². The van der Waals surface area contributed by atoms with Crippen LogP contribution in [0, 0.1) is 10.1 Å². The lowest BCUT2D eigenvalue weighted by Crippen LogP contribution is -2.38. The van der Waals surface area contributed by atoms with Crippen molar-refractivity contribution in [2.24, 2.45) is 0 Å². The van der Waals surface area contributed by atoms with Crippen LogP contribution in [0.3, 0.4) is 0 Å². The number of anilines is 3. The van der Waals surface area contributed by atoms with Crippen molar-refractivity contribution in [3.8, 4) is 0 Å². The van der Waals surface area contributed by atoms with Crippen LogP contribution in [0.2, 0.25) is 0 Å². The molecular weight excluding hydrogens is 502 g/mol. The number of nitro benzene ring substituents is 1. The Morgan fingerprint density at radius 1 is 0.900 bits per heavy atom. The maximum absolute atomic E-state index is 11.1. The molecule has 9 heteroatoms. The highest BCUT2D eigenvalue weighted by atomic mass is 16.6. The summed E-state index contributed by atoms with van der Waals surface area (Å²) in [4.78, 5) is 22.3. The number of aromatic nitrogens is 2. The van der Waals surface area contributed by atoms with Crippen LogP contribution in [0.1, 0.15) is 36.8 Å². The standard InChI is InChI=1S/C31H37N7O2/c1-37(2)30-28-12-5-6-13-29(28)35-31(36-30)34-25-16-14-24(15-17-25)32-19-18-22-8-3-4-9-23(22)21-33-26-10-7-11-27(20-26)38(39)40/h3-13,20,24-25,32-33H,14-19,21H2,1-2H3,(H,34,35,36)/t24-,25+. The van der Waals surface area contributed by atoms with E-state index in [9.17, 15) is 10.1 Å². The van der Waals surface area contributed by atoms with Gasteiger partial charge in [-0.2, -0.15) is 4.98 Å². The number of hydrogen-bond acceptors (Lipinski definition) is 8. The van der Waals surface area contributed by atoms with Crippen molar-refractivity contribution in [1.29, 1.82) is 0 Å². The highest BCUT2D eigenvalue weighted by Crippen LogP contribution is 2.26. The first kappa shape index (κ1) is 27.3. The second kappa shape index (κ2) is 12.7. The number of benzene rings is 3. The molecular formula is C31H37N7O2. The molecule has 0 unspecified atom stereocenters. The van der Waals surface area contributed by atoms with Crippen LogP contribution in [-0.2, 0) is 13.0 Å². The summed E-state index contributed by atoms with van der Waals surface area (Å²) in [6, 6.07) is 24.0. The SMILES string of the molecule is CN(C)c1nc(N[C@H]2CC[C@@H](NCCc3ccccc3CNc3cccc([N+](=O)[O-])c3)CC2)nc2ccccc12. The van der Waals surface area contributed by atoms with Gasteiger partial charge in [-0.1, -0.05) is 42.5 Å². The number of hydrogen-bond donors (Lipinski definition) is 3. The molecule has 1 fully saturated rings. The number of nitrogens with zero attached hydrogens (tertiary/aromatic N) is 4. The van der Waals surface area contributed by atoms with E-state index in [1.165, 1.54) is 17.2 Å². The lowest BCUT2D eigenvalue weighted by Gasteiger charge is -2.30. The van der Waals surface area contributed by atoms with Crippen LogP contribution in [0.15, 0.2) is 72.8 Å². The minimum atomic E-state index is -0.369. The average molecular weight is 540 g/mol. The lowest BCUT2D eigenvalue weighted by molar-refractivity contribution is -0.384. The molecule has 1 saturated carbocycles. The molecule has 1 aliphatic carbocycles. The lowest BCUT2D eigenvalue weighted by atomic mass is 9.91. The Labute approximate surface area is 235 Å². The summed E-state index contributed by atoms with van der Waals surface area (Å²) in [6.45, 7) is 1.54. The van der Waals surface area contributed by atoms with Crippen LogP contribution in [0.25, 0.3) is 10.9 Å². The summed E-state index contributed by atoms with van der Waals surface area (Å²) >= 11 is 0. The van der Waals surface area contributed by atoms with Gasteiger partial charge in [-0.15, -0.1) is 0 Å². The van der Waals surface area contributed by atoms with Crippen LogP contribution in [0.5, 0.6) is 0 Å². The Hall–Kier alpha value is -4.24. The molecule has 3 aromatic carbocycles. The molecule has 0 aliphatic heterocycles. The van der Waals surface area contributed by atoms with Crippen molar-refractivity contribution in [3.63, 3.8) is 0 Å². The Bertz CT molecular complexity index is 1450. The zero-order chi connectivity index (χ0) is 27.9. The Kier molecular flexibility index (Phi) is 8.71. The normalized spacial score (nSPS) is 16.9. The smallest absolute Gasteiger partial charge is 0.271 e. The van der Waals surface area contributed by atoms with Gasteiger partial charge in [0.25, 0.3) is 5.69 Å². The largest absolute Gasteiger partial charge is 0.381 e. The number of fused-ring (bicyclic) bond motifs is 1. The topological polar surface area (TPSA) is 108 Å². The summed E-state index contributed by atoms with van der Waals surface area (Å²) in [7, 11) is 4.03. The van der Waals surface area contributed by atoms with Gasteiger partial charge >= 0.3 is 0 Å². The molecule has 0 saturated heterocycles. The van der Waals surface area contributed by atoms with Gasteiger partial charge < -0.3 is 20.9 Å². The molecule has 0 bridgehead atoms. The maximum Gasteiger partial charge on any atom is 0.271 e. The van der Waals surface area contributed by atoms with E-state index in [1.807, 2.05) is 49.3 Å². The third-order valence-electron chi connectivity index (χ3n) is 7.55. The van der Waals surface area contributed by atoms with Crippen LogP contribution in [0.4, 0.5) is 23.1 Å². The maximum atomic E-state index is 11.1. The van der Waals surface area contributed by atoms with Crippen LogP contribution < -0.4 is 20.9 Å². The quantitative estimate of drug-likeness (QED) is 0.163. The van der Waals surface area contributed by atoms with Gasteiger partial charge in [0.2, 0.25) is 5.95 Å². The third kappa shape index (κ3) is 6.84. The van der Waals surface area contributed by atoms with Crippen molar-refractivity contribution in [1.82, 2.24) is 15.3 Å². The van der Waals surface area contributed by atoms with Crippen molar-refractivity contribution in [2.75, 3.05) is 36.2 Å². The highest BCUT2D eigenvalue weighted by molar-refractivity contribution is 5.90. The van der Waals surface area contributed by atoms with E-state index in [-0.39, 0.29) is 10.6 Å². The Morgan fingerprint density at radius 2 is 1.62 bits per heavy atom. The van der Waals surface area contributed by atoms with Gasteiger partial charge in [-0.25, -0.2) is 4.98 Å². The molecule has 0 spiro atoms. The number of non-ortho nitro benzene ring substituents is 1. The van der Waals surface area contributed by atoms with E-state index in [0.29, 0.717) is 24.6 Å². The van der Waals surface area contributed by atoms with Crippen molar-refractivity contribution < 1.29 is 4.92 Å². The van der Waals surface area contributed by atoms with Crippen LogP contribution in [-0.4, -0.2) is 47.6 Å². The molecule has 9 nitrogen and oxygen atoms in total. The van der Waals surface area contributed by atoms with Gasteiger partial charge in [-0.05, 0) is 68.0 Å².